The van der Waals surface area contributed by atoms with Gasteiger partial charge >= 0.3 is 0 Å². The molecule has 0 bridgehead atoms. The van der Waals surface area contributed by atoms with Crippen LogP contribution in [0.5, 0.6) is 0 Å². The Morgan fingerprint density at radius 1 is 1.19 bits per heavy atom. The Labute approximate surface area is 154 Å². The number of aliphatic imine (C=N–C) groups is 1. The molecule has 0 N–H and O–H groups in total. The number of hydrogen-bond donors (Lipinski definition) is 0. The van der Waals surface area contributed by atoms with Gasteiger partial charge in [0.2, 0.25) is 5.28 Å². The van der Waals surface area contributed by atoms with Gasteiger partial charge in [-0.25, -0.2) is 15.0 Å². The van der Waals surface area contributed by atoms with Crippen LogP contribution in [0.2, 0.25) is 5.28 Å². The Kier molecular flexibility index (Phi) is 2.67. The van der Waals surface area contributed by atoms with Crippen molar-refractivity contribution in [1.82, 2.24) is 24.7 Å². The zero-order chi connectivity index (χ0) is 17.4. The standard InChI is InChI=1S/C17H15ClN8/c1-10-6-12(10)14-7-21-22-26(14)23-9-20-16-11-4-2-3-5-13(11)24-15(25(16)23)8-19-17(24)18/h2-5,7-10,12,16H,6H2,1H3. The van der Waals surface area contributed by atoms with E-state index in [1.54, 1.807) is 12.5 Å². The van der Waals surface area contributed by atoms with Crippen LogP contribution in [0, 0.1) is 5.92 Å². The zero-order valence-corrected chi connectivity index (χ0v) is 14.7. The van der Waals surface area contributed by atoms with Crippen molar-refractivity contribution < 1.29 is 0 Å². The number of anilines is 1. The van der Waals surface area contributed by atoms with Crippen LogP contribution < -0.4 is 10.1 Å². The molecule has 1 saturated carbocycles. The minimum absolute atomic E-state index is 0.180. The fraction of sp³-hybridized carbons (Fsp3) is 0.294. The number of fused-ring (bicyclic) bond motifs is 6. The van der Waals surface area contributed by atoms with Crippen molar-refractivity contribution in [2.45, 2.75) is 25.4 Å². The first-order chi connectivity index (χ1) is 12.7. The van der Waals surface area contributed by atoms with Crippen LogP contribution in [0.25, 0.3) is 5.69 Å². The maximum atomic E-state index is 6.39. The second-order valence-corrected chi connectivity index (χ2v) is 7.29. The van der Waals surface area contributed by atoms with Gasteiger partial charge in [0.25, 0.3) is 0 Å². The average Bonchev–Trinajstić information content (AvgIpc) is 3.05. The van der Waals surface area contributed by atoms with Crippen molar-refractivity contribution in [3.8, 4) is 5.69 Å². The maximum Gasteiger partial charge on any atom is 0.209 e. The van der Waals surface area contributed by atoms with Crippen LogP contribution in [0.15, 0.2) is 41.7 Å². The molecule has 6 rings (SSSR count). The van der Waals surface area contributed by atoms with E-state index >= 15 is 0 Å². The lowest BCUT2D eigenvalue weighted by atomic mass is 10.1. The van der Waals surface area contributed by atoms with Gasteiger partial charge < -0.3 is 0 Å². The van der Waals surface area contributed by atoms with Crippen molar-refractivity contribution in [3.63, 3.8) is 0 Å². The topological polar surface area (TPSA) is 67.4 Å². The number of halogens is 1. The van der Waals surface area contributed by atoms with Crippen LogP contribution in [0.4, 0.5) is 5.82 Å². The van der Waals surface area contributed by atoms with Gasteiger partial charge in [-0.05, 0) is 35.2 Å². The number of rotatable bonds is 2. The molecule has 3 aromatic rings. The Morgan fingerprint density at radius 2 is 2.04 bits per heavy atom. The number of benzene rings is 1. The second-order valence-electron chi connectivity index (χ2n) is 6.95. The lowest BCUT2D eigenvalue weighted by Crippen LogP contribution is -2.49. The third-order valence-corrected chi connectivity index (χ3v) is 5.66. The molecule has 1 fully saturated rings. The highest BCUT2D eigenvalue weighted by Gasteiger charge is 2.43. The van der Waals surface area contributed by atoms with Gasteiger partial charge in [0.15, 0.2) is 12.0 Å². The number of hydrogen-bond acceptors (Lipinski definition) is 6. The zero-order valence-electron chi connectivity index (χ0n) is 13.9. The Bertz CT molecular complexity index is 1050. The van der Waals surface area contributed by atoms with Gasteiger partial charge in [0.1, 0.15) is 6.34 Å². The predicted octanol–water partition coefficient (Wildman–Crippen LogP) is 2.65. The molecule has 2 aliphatic heterocycles. The molecule has 2 aromatic heterocycles. The summed E-state index contributed by atoms with van der Waals surface area (Å²) >= 11 is 6.39. The molecule has 0 amide bonds. The summed E-state index contributed by atoms with van der Waals surface area (Å²) in [7, 11) is 0. The summed E-state index contributed by atoms with van der Waals surface area (Å²) in [6.45, 7) is 2.24. The van der Waals surface area contributed by atoms with Crippen LogP contribution in [0.3, 0.4) is 0 Å². The van der Waals surface area contributed by atoms with E-state index in [9.17, 15) is 0 Å². The number of aromatic nitrogens is 5. The van der Waals surface area contributed by atoms with Crippen molar-refractivity contribution in [3.05, 3.63) is 53.2 Å². The first kappa shape index (κ1) is 14.3. The molecule has 1 aliphatic carbocycles. The van der Waals surface area contributed by atoms with Gasteiger partial charge in [0, 0.05) is 11.5 Å². The molecule has 1 aromatic carbocycles. The third kappa shape index (κ3) is 1.74. The quantitative estimate of drug-likeness (QED) is 0.697. The van der Waals surface area contributed by atoms with Gasteiger partial charge in [-0.15, -0.1) is 9.89 Å². The SMILES string of the molecule is CC1CC1c1cnnn1N1C=NC2c3ccccc3-n3c(cnc3Cl)N21. The minimum atomic E-state index is -0.180. The smallest absolute Gasteiger partial charge is 0.209 e. The molecule has 8 nitrogen and oxygen atoms in total. The number of nitrogens with zero attached hydrogens (tertiary/aromatic N) is 8. The molecule has 130 valence electrons. The van der Waals surface area contributed by atoms with Gasteiger partial charge in [0.05, 0.1) is 23.8 Å². The molecule has 3 aliphatic rings. The highest BCUT2D eigenvalue weighted by Crippen LogP contribution is 2.47. The van der Waals surface area contributed by atoms with Gasteiger partial charge in [-0.2, -0.15) is 5.12 Å². The molecule has 9 heteroatoms. The van der Waals surface area contributed by atoms with E-state index in [4.69, 9.17) is 16.6 Å². The summed E-state index contributed by atoms with van der Waals surface area (Å²) in [6.07, 6.45) is 6.39. The van der Waals surface area contributed by atoms with E-state index in [2.05, 4.69) is 28.3 Å². The van der Waals surface area contributed by atoms with Crippen LogP contribution >= 0.6 is 11.6 Å². The van der Waals surface area contributed by atoms with Crippen molar-refractivity contribution in [2.75, 3.05) is 10.1 Å². The fourth-order valence-corrected chi connectivity index (χ4v) is 4.15. The first-order valence-electron chi connectivity index (χ1n) is 8.59. The normalized spacial score (nSPS) is 25.2. The molecule has 3 unspecified atom stereocenters. The lowest BCUT2D eigenvalue weighted by molar-refractivity contribution is 0.525. The summed E-state index contributed by atoms with van der Waals surface area (Å²) in [5, 5.41) is 12.8. The van der Waals surface area contributed by atoms with E-state index in [1.807, 2.05) is 43.9 Å². The number of imidazole rings is 1. The Hall–Kier alpha value is -2.87. The monoisotopic (exact) mass is 366 g/mol. The highest BCUT2D eigenvalue weighted by atomic mass is 35.5. The molecule has 0 spiro atoms. The van der Waals surface area contributed by atoms with E-state index in [-0.39, 0.29) is 6.17 Å². The molecular formula is C17H15ClN8. The minimum Gasteiger partial charge on any atom is -0.268 e. The van der Waals surface area contributed by atoms with Crippen molar-refractivity contribution in [2.24, 2.45) is 10.9 Å². The summed E-state index contributed by atoms with van der Waals surface area (Å²) in [4.78, 5) is 10.9. The van der Waals surface area contributed by atoms with Gasteiger partial charge in [-0.3, -0.25) is 4.57 Å². The van der Waals surface area contributed by atoms with Crippen LogP contribution in [-0.4, -0.2) is 31.0 Å². The summed E-state index contributed by atoms with van der Waals surface area (Å²) in [5.41, 5.74) is 3.17. The Balaban J connectivity index is 1.52. The van der Waals surface area contributed by atoms with Crippen molar-refractivity contribution in [1.29, 1.82) is 0 Å². The number of para-hydroxylation sites is 1. The van der Waals surface area contributed by atoms with E-state index in [0.717, 1.165) is 29.2 Å². The van der Waals surface area contributed by atoms with Crippen LogP contribution in [-0.2, 0) is 0 Å². The first-order valence-corrected chi connectivity index (χ1v) is 8.97. The molecular weight excluding hydrogens is 352 g/mol. The van der Waals surface area contributed by atoms with E-state index < -0.39 is 0 Å². The predicted molar refractivity (Wildman–Crippen MR) is 97.0 cm³/mol. The average molecular weight is 367 g/mol. The molecule has 3 atom stereocenters. The summed E-state index contributed by atoms with van der Waals surface area (Å²) < 4.78 is 1.94. The maximum absolute atomic E-state index is 6.39. The molecule has 0 radical (unpaired) electrons. The summed E-state index contributed by atoms with van der Waals surface area (Å²) in [5.74, 6) is 1.99. The Morgan fingerprint density at radius 3 is 2.88 bits per heavy atom. The summed E-state index contributed by atoms with van der Waals surface area (Å²) in [6, 6.07) is 8.11. The third-order valence-electron chi connectivity index (χ3n) is 5.40. The second kappa shape index (κ2) is 4.85. The van der Waals surface area contributed by atoms with E-state index in [1.165, 1.54) is 0 Å². The fourth-order valence-electron chi connectivity index (χ4n) is 3.93. The van der Waals surface area contributed by atoms with Crippen LogP contribution in [0.1, 0.15) is 36.7 Å². The molecule has 4 heterocycles. The molecule has 0 saturated heterocycles. The van der Waals surface area contributed by atoms with E-state index in [0.29, 0.717) is 17.1 Å². The number of hydrazine groups is 1. The molecule has 26 heavy (non-hydrogen) atoms. The lowest BCUT2D eigenvalue weighted by Gasteiger charge is -2.37. The van der Waals surface area contributed by atoms with Gasteiger partial charge in [-0.1, -0.05) is 25.1 Å². The largest absolute Gasteiger partial charge is 0.268 e. The van der Waals surface area contributed by atoms with Crippen molar-refractivity contribution >= 4 is 23.8 Å². The highest BCUT2D eigenvalue weighted by molar-refractivity contribution is 6.29.